The molecule has 4 heteroatoms. The van der Waals surface area contributed by atoms with Gasteiger partial charge >= 0.3 is 0 Å². The molecule has 2 aliphatic rings. The van der Waals surface area contributed by atoms with Gasteiger partial charge in [-0.3, -0.25) is 0 Å². The highest BCUT2D eigenvalue weighted by molar-refractivity contribution is 6.74. The van der Waals surface area contributed by atoms with Crippen LogP contribution >= 0.6 is 0 Å². The molecule has 3 atom stereocenters. The summed E-state index contributed by atoms with van der Waals surface area (Å²) in [6, 6.07) is 0. The first-order valence-corrected chi connectivity index (χ1v) is 20.0. The number of hydrogen-bond acceptors (Lipinski definition) is 2. The van der Waals surface area contributed by atoms with Crippen molar-refractivity contribution < 1.29 is 8.85 Å². The first kappa shape index (κ1) is 30.3. The molecule has 2 rings (SSSR count). The molecule has 0 aliphatic heterocycles. The maximum absolute atomic E-state index is 7.05. The maximum Gasteiger partial charge on any atom is 0.192 e. The minimum atomic E-state index is -1.74. The third kappa shape index (κ3) is 6.69. The van der Waals surface area contributed by atoms with Crippen LogP contribution in [0.1, 0.15) is 121 Å². The average molecular weight is 509 g/mol. The van der Waals surface area contributed by atoms with Crippen LogP contribution in [0.15, 0.2) is 11.1 Å². The fraction of sp³-hybridized carbons (Fsp3) is 0.933. The Morgan fingerprint density at radius 3 is 2.00 bits per heavy atom. The third-order valence-corrected chi connectivity index (χ3v) is 19.5. The fourth-order valence-electron chi connectivity index (χ4n) is 6.15. The van der Waals surface area contributed by atoms with Crippen LogP contribution < -0.4 is 0 Å². The van der Waals surface area contributed by atoms with Gasteiger partial charge in [0.2, 0.25) is 0 Å². The number of hydrogen-bond donors (Lipinski definition) is 0. The smallest absolute Gasteiger partial charge is 0.192 e. The predicted octanol–water partition coefficient (Wildman–Crippen LogP) is 10.3. The lowest BCUT2D eigenvalue weighted by atomic mass is 9.65. The molecule has 0 saturated heterocycles. The van der Waals surface area contributed by atoms with Crippen LogP contribution in [0.2, 0.25) is 36.3 Å². The van der Waals surface area contributed by atoms with Gasteiger partial charge in [-0.05, 0) is 113 Å². The van der Waals surface area contributed by atoms with E-state index in [0.717, 1.165) is 6.42 Å². The molecule has 200 valence electrons. The van der Waals surface area contributed by atoms with Crippen LogP contribution in [0.5, 0.6) is 0 Å². The van der Waals surface area contributed by atoms with Gasteiger partial charge in [0.15, 0.2) is 16.6 Å². The molecule has 0 heterocycles. The van der Waals surface area contributed by atoms with E-state index in [9.17, 15) is 0 Å². The maximum atomic E-state index is 7.05. The van der Waals surface area contributed by atoms with Crippen LogP contribution in [-0.4, -0.2) is 28.3 Å². The van der Waals surface area contributed by atoms with E-state index in [1.54, 1.807) is 11.1 Å². The summed E-state index contributed by atoms with van der Waals surface area (Å²) in [4.78, 5) is 0. The van der Waals surface area contributed by atoms with E-state index in [1.807, 2.05) is 0 Å². The largest absolute Gasteiger partial charge is 0.414 e. The Bertz CT molecular complexity index is 736. The second kappa shape index (κ2) is 10.1. The standard InChI is InChI=1S/C30H60O2Si2/c1-23(17-15-21-29(8,9)32-34(13,14)28(5,6)7)24-19-20-25-26(18-16-22-30(24,25)10)31-33(11,12)27(2,3)4/h25-26H,15-22H2,1-14H3/b24-23+/t25-,26-,30+/m0/s1. The van der Waals surface area contributed by atoms with Gasteiger partial charge < -0.3 is 8.85 Å². The highest BCUT2D eigenvalue weighted by Gasteiger charge is 2.51. The van der Waals surface area contributed by atoms with Gasteiger partial charge in [0.25, 0.3) is 0 Å². The van der Waals surface area contributed by atoms with Crippen molar-refractivity contribution in [2.75, 3.05) is 0 Å². The molecular formula is C30H60O2Si2. The number of allylic oxidation sites excluding steroid dienone is 2. The SMILES string of the molecule is C/C(CCCC(C)(C)O[Si](C)(C)C(C)(C)C)=C1/CC[C@H]2[C@@H](O[Si](C)(C)C(C)(C)C)CCC[C@]12C. The minimum Gasteiger partial charge on any atom is -0.414 e. The van der Waals surface area contributed by atoms with E-state index >= 15 is 0 Å². The molecule has 0 amide bonds. The average Bonchev–Trinajstić information content (AvgIpc) is 2.96. The topological polar surface area (TPSA) is 18.5 Å². The molecule has 2 saturated carbocycles. The molecule has 0 spiro atoms. The van der Waals surface area contributed by atoms with Crippen molar-refractivity contribution in [3.8, 4) is 0 Å². The van der Waals surface area contributed by atoms with Gasteiger partial charge in [-0.2, -0.15) is 0 Å². The molecule has 0 unspecified atom stereocenters. The van der Waals surface area contributed by atoms with Gasteiger partial charge in [-0.25, -0.2) is 0 Å². The summed E-state index contributed by atoms with van der Waals surface area (Å²) in [5.74, 6) is 0.707. The van der Waals surface area contributed by atoms with Crippen LogP contribution in [-0.2, 0) is 8.85 Å². The van der Waals surface area contributed by atoms with E-state index in [2.05, 4.69) is 95.4 Å². The zero-order valence-electron chi connectivity index (χ0n) is 25.6. The first-order valence-electron chi connectivity index (χ1n) is 14.2. The fourth-order valence-corrected chi connectivity index (χ4v) is 9.34. The zero-order chi connectivity index (χ0) is 26.4. The van der Waals surface area contributed by atoms with E-state index < -0.39 is 16.6 Å². The summed E-state index contributed by atoms with van der Waals surface area (Å²) in [6.07, 6.45) is 10.6. The lowest BCUT2D eigenvalue weighted by molar-refractivity contribution is 0.0230. The number of rotatable bonds is 8. The third-order valence-electron chi connectivity index (χ3n) is 10.3. The van der Waals surface area contributed by atoms with Gasteiger partial charge in [0.05, 0.1) is 5.60 Å². The molecule has 2 aliphatic carbocycles. The van der Waals surface area contributed by atoms with Crippen LogP contribution in [0.4, 0.5) is 0 Å². The van der Waals surface area contributed by atoms with Gasteiger partial charge in [0.1, 0.15) is 0 Å². The summed E-state index contributed by atoms with van der Waals surface area (Å²) < 4.78 is 13.9. The molecule has 0 aromatic carbocycles. The summed E-state index contributed by atoms with van der Waals surface area (Å²) in [5.41, 5.74) is 3.76. The van der Waals surface area contributed by atoms with Crippen molar-refractivity contribution in [2.24, 2.45) is 11.3 Å². The monoisotopic (exact) mass is 508 g/mol. The Balaban J connectivity index is 2.07. The van der Waals surface area contributed by atoms with E-state index in [1.165, 1.54) is 44.9 Å². The van der Waals surface area contributed by atoms with Crippen molar-refractivity contribution in [2.45, 2.75) is 169 Å². The quantitative estimate of drug-likeness (QED) is 0.240. The van der Waals surface area contributed by atoms with Crippen molar-refractivity contribution in [3.05, 3.63) is 11.1 Å². The van der Waals surface area contributed by atoms with E-state index in [4.69, 9.17) is 8.85 Å². The van der Waals surface area contributed by atoms with E-state index in [-0.39, 0.29) is 15.7 Å². The van der Waals surface area contributed by atoms with Crippen LogP contribution in [0.3, 0.4) is 0 Å². The molecule has 0 radical (unpaired) electrons. The van der Waals surface area contributed by atoms with Crippen molar-refractivity contribution >= 4 is 16.6 Å². The predicted molar refractivity (Wildman–Crippen MR) is 156 cm³/mol. The van der Waals surface area contributed by atoms with Gasteiger partial charge in [-0.15, -0.1) is 0 Å². The van der Waals surface area contributed by atoms with Gasteiger partial charge in [0, 0.05) is 6.10 Å². The molecular weight excluding hydrogens is 449 g/mol. The first-order chi connectivity index (χ1) is 15.1. The molecule has 0 bridgehead atoms. The highest BCUT2D eigenvalue weighted by Crippen LogP contribution is 2.58. The second-order valence-electron chi connectivity index (χ2n) is 15.6. The van der Waals surface area contributed by atoms with E-state index in [0.29, 0.717) is 17.4 Å². The summed E-state index contributed by atoms with van der Waals surface area (Å²) in [5, 5.41) is 0.549. The van der Waals surface area contributed by atoms with Gasteiger partial charge in [-0.1, -0.05) is 66.0 Å². The molecule has 2 fully saturated rings. The lowest BCUT2D eigenvalue weighted by Gasteiger charge is -2.48. The van der Waals surface area contributed by atoms with Crippen LogP contribution in [0.25, 0.3) is 0 Å². The highest BCUT2D eigenvalue weighted by atomic mass is 28.4. The lowest BCUT2D eigenvalue weighted by Crippen LogP contribution is -2.49. The summed E-state index contributed by atoms with van der Waals surface area (Å²) in [7, 11) is -3.48. The second-order valence-corrected chi connectivity index (χ2v) is 25.1. The Morgan fingerprint density at radius 2 is 1.47 bits per heavy atom. The minimum absolute atomic E-state index is 0.0387. The Kier molecular flexibility index (Phi) is 9.01. The van der Waals surface area contributed by atoms with Crippen molar-refractivity contribution in [1.29, 1.82) is 0 Å². The molecule has 0 aromatic rings. The number of fused-ring (bicyclic) bond motifs is 1. The Hall–Kier alpha value is 0.0938. The molecule has 0 N–H and O–H groups in total. The molecule has 2 nitrogen and oxygen atoms in total. The molecule has 34 heavy (non-hydrogen) atoms. The van der Waals surface area contributed by atoms with Crippen LogP contribution in [0, 0.1) is 11.3 Å². The zero-order valence-corrected chi connectivity index (χ0v) is 27.6. The summed E-state index contributed by atoms with van der Waals surface area (Å²) >= 11 is 0. The normalized spacial score (nSPS) is 28.8. The van der Waals surface area contributed by atoms with Crippen molar-refractivity contribution in [3.63, 3.8) is 0 Å². The Labute approximate surface area is 216 Å². The Morgan fingerprint density at radius 1 is 0.912 bits per heavy atom. The molecule has 0 aromatic heterocycles. The van der Waals surface area contributed by atoms with Crippen molar-refractivity contribution in [1.82, 2.24) is 0 Å². The summed E-state index contributed by atoms with van der Waals surface area (Å²) in [6.45, 7) is 33.4.